The number of carbonyl (C=O) groups is 2. The van der Waals surface area contributed by atoms with E-state index in [4.69, 9.17) is 4.74 Å². The predicted molar refractivity (Wildman–Crippen MR) is 83.3 cm³/mol. The van der Waals surface area contributed by atoms with E-state index in [1.807, 2.05) is 32.0 Å². The Labute approximate surface area is 126 Å². The van der Waals surface area contributed by atoms with Crippen molar-refractivity contribution in [1.29, 1.82) is 0 Å². The second-order valence-electron chi connectivity index (χ2n) is 4.71. The van der Waals surface area contributed by atoms with Gasteiger partial charge >= 0.3 is 11.8 Å². The highest BCUT2D eigenvalue weighted by molar-refractivity contribution is 6.39. The Morgan fingerprint density at radius 1 is 1.10 bits per heavy atom. The van der Waals surface area contributed by atoms with Crippen LogP contribution in [0.15, 0.2) is 18.2 Å². The zero-order valence-corrected chi connectivity index (χ0v) is 13.0. The molecule has 0 heterocycles. The molecule has 0 fully saturated rings. The maximum absolute atomic E-state index is 12.0. The number of rotatable bonds is 7. The number of hydrogen-bond donors (Lipinski definition) is 2. The van der Waals surface area contributed by atoms with Crippen molar-refractivity contribution in [3.8, 4) is 0 Å². The number of methoxy groups -OCH3 is 1. The highest BCUT2D eigenvalue weighted by Gasteiger charge is 2.16. The van der Waals surface area contributed by atoms with Crippen LogP contribution in [0.1, 0.15) is 31.4 Å². The lowest BCUT2D eigenvalue weighted by Crippen LogP contribution is -2.36. The van der Waals surface area contributed by atoms with E-state index in [-0.39, 0.29) is 0 Å². The van der Waals surface area contributed by atoms with Gasteiger partial charge in [0.1, 0.15) is 0 Å². The number of para-hydroxylation sites is 1. The molecule has 1 aromatic rings. The molecule has 0 aliphatic rings. The third kappa shape index (κ3) is 5.19. The second kappa shape index (κ2) is 9.13. The van der Waals surface area contributed by atoms with Crippen molar-refractivity contribution in [3.05, 3.63) is 29.3 Å². The molecule has 0 bridgehead atoms. The fourth-order valence-corrected chi connectivity index (χ4v) is 2.07. The number of benzene rings is 1. The fourth-order valence-electron chi connectivity index (χ4n) is 2.07. The summed E-state index contributed by atoms with van der Waals surface area (Å²) in [4.78, 5) is 23.7. The van der Waals surface area contributed by atoms with Gasteiger partial charge in [-0.3, -0.25) is 9.59 Å². The SMILES string of the molecule is CCc1cccc(CC)c1NC(=O)C(=O)NCCCOC. The number of aryl methyl sites for hydroxylation is 2. The van der Waals surface area contributed by atoms with Crippen LogP contribution in [-0.2, 0) is 27.2 Å². The smallest absolute Gasteiger partial charge is 0.313 e. The van der Waals surface area contributed by atoms with Crippen molar-refractivity contribution in [1.82, 2.24) is 5.32 Å². The molecule has 116 valence electrons. The van der Waals surface area contributed by atoms with Crippen LogP contribution in [0.4, 0.5) is 5.69 Å². The summed E-state index contributed by atoms with van der Waals surface area (Å²) in [6.07, 6.45) is 2.29. The Morgan fingerprint density at radius 2 is 1.71 bits per heavy atom. The summed E-state index contributed by atoms with van der Waals surface area (Å²) >= 11 is 0. The summed E-state index contributed by atoms with van der Waals surface area (Å²) in [7, 11) is 1.60. The van der Waals surface area contributed by atoms with Gasteiger partial charge in [-0.25, -0.2) is 0 Å². The van der Waals surface area contributed by atoms with Gasteiger partial charge in [-0.1, -0.05) is 32.0 Å². The second-order valence-corrected chi connectivity index (χ2v) is 4.71. The van der Waals surface area contributed by atoms with Crippen molar-refractivity contribution < 1.29 is 14.3 Å². The van der Waals surface area contributed by atoms with E-state index < -0.39 is 11.8 Å². The molecule has 0 atom stereocenters. The van der Waals surface area contributed by atoms with Crippen LogP contribution in [0.5, 0.6) is 0 Å². The van der Waals surface area contributed by atoms with E-state index in [9.17, 15) is 9.59 Å². The van der Waals surface area contributed by atoms with E-state index in [0.29, 0.717) is 19.6 Å². The van der Waals surface area contributed by atoms with Crippen molar-refractivity contribution in [2.24, 2.45) is 0 Å². The van der Waals surface area contributed by atoms with Crippen LogP contribution in [-0.4, -0.2) is 32.1 Å². The minimum absolute atomic E-state index is 0.427. The van der Waals surface area contributed by atoms with Gasteiger partial charge < -0.3 is 15.4 Å². The van der Waals surface area contributed by atoms with Gasteiger partial charge in [0.2, 0.25) is 0 Å². The molecule has 0 aliphatic heterocycles. The van der Waals surface area contributed by atoms with E-state index >= 15 is 0 Å². The highest BCUT2D eigenvalue weighted by atomic mass is 16.5. The van der Waals surface area contributed by atoms with Crippen molar-refractivity contribution >= 4 is 17.5 Å². The first kappa shape index (κ1) is 17.2. The lowest BCUT2D eigenvalue weighted by atomic mass is 10.0. The molecule has 5 nitrogen and oxygen atoms in total. The molecule has 0 unspecified atom stereocenters. The summed E-state index contributed by atoms with van der Waals surface area (Å²) < 4.78 is 4.89. The average Bonchev–Trinajstić information content (AvgIpc) is 2.51. The number of nitrogens with one attached hydrogen (secondary N) is 2. The summed E-state index contributed by atoms with van der Waals surface area (Å²) in [6, 6.07) is 5.90. The number of amides is 2. The Morgan fingerprint density at radius 3 is 2.24 bits per heavy atom. The molecule has 21 heavy (non-hydrogen) atoms. The van der Waals surface area contributed by atoms with Gasteiger partial charge in [0, 0.05) is 25.9 Å². The van der Waals surface area contributed by atoms with Crippen LogP contribution in [0.25, 0.3) is 0 Å². The molecule has 0 spiro atoms. The first-order chi connectivity index (χ1) is 10.1. The fraction of sp³-hybridized carbons (Fsp3) is 0.500. The van der Waals surface area contributed by atoms with Crippen molar-refractivity contribution in [3.63, 3.8) is 0 Å². The lowest BCUT2D eigenvalue weighted by molar-refractivity contribution is -0.136. The molecule has 0 saturated heterocycles. The third-order valence-electron chi connectivity index (χ3n) is 3.25. The van der Waals surface area contributed by atoms with Crippen LogP contribution < -0.4 is 10.6 Å². The van der Waals surface area contributed by atoms with E-state index in [1.54, 1.807) is 7.11 Å². The number of carbonyl (C=O) groups excluding carboxylic acids is 2. The highest BCUT2D eigenvalue weighted by Crippen LogP contribution is 2.22. The van der Waals surface area contributed by atoms with E-state index in [1.165, 1.54) is 0 Å². The Balaban J connectivity index is 2.67. The number of hydrogen-bond acceptors (Lipinski definition) is 3. The van der Waals surface area contributed by atoms with Gasteiger partial charge in [-0.15, -0.1) is 0 Å². The largest absolute Gasteiger partial charge is 0.385 e. The van der Waals surface area contributed by atoms with Crippen LogP contribution in [0, 0.1) is 0 Å². The Hall–Kier alpha value is -1.88. The van der Waals surface area contributed by atoms with Gasteiger partial charge in [-0.2, -0.15) is 0 Å². The Kier molecular flexibility index (Phi) is 7.46. The topological polar surface area (TPSA) is 67.4 Å². The van der Waals surface area contributed by atoms with Crippen LogP contribution in [0.3, 0.4) is 0 Å². The minimum atomic E-state index is -0.622. The number of anilines is 1. The van der Waals surface area contributed by atoms with Gasteiger partial charge in [-0.05, 0) is 30.4 Å². The maximum Gasteiger partial charge on any atom is 0.313 e. The molecule has 2 N–H and O–H groups in total. The molecule has 0 aliphatic carbocycles. The average molecular weight is 292 g/mol. The molecule has 0 radical (unpaired) electrons. The van der Waals surface area contributed by atoms with E-state index in [2.05, 4.69) is 10.6 Å². The molecule has 5 heteroatoms. The number of ether oxygens (including phenoxy) is 1. The van der Waals surface area contributed by atoms with Crippen LogP contribution >= 0.6 is 0 Å². The van der Waals surface area contributed by atoms with Crippen LogP contribution in [0.2, 0.25) is 0 Å². The summed E-state index contributed by atoms with van der Waals surface area (Å²) in [5.41, 5.74) is 2.84. The zero-order chi connectivity index (χ0) is 15.7. The lowest BCUT2D eigenvalue weighted by Gasteiger charge is -2.14. The van der Waals surface area contributed by atoms with E-state index in [0.717, 1.165) is 29.7 Å². The van der Waals surface area contributed by atoms with Crippen molar-refractivity contribution in [2.45, 2.75) is 33.1 Å². The van der Waals surface area contributed by atoms with Gasteiger partial charge in [0.25, 0.3) is 0 Å². The molecule has 1 rings (SSSR count). The molecular formula is C16H24N2O3. The minimum Gasteiger partial charge on any atom is -0.385 e. The quantitative estimate of drug-likeness (QED) is 0.596. The maximum atomic E-state index is 12.0. The standard InChI is InChI=1S/C16H24N2O3/c1-4-12-8-6-9-13(5-2)14(12)18-16(20)15(19)17-10-7-11-21-3/h6,8-9H,4-5,7,10-11H2,1-3H3,(H,17,19)(H,18,20). The van der Waals surface area contributed by atoms with Gasteiger partial charge in [0.05, 0.1) is 0 Å². The zero-order valence-electron chi connectivity index (χ0n) is 13.0. The molecule has 2 amide bonds. The Bertz CT molecular complexity index is 464. The van der Waals surface area contributed by atoms with Crippen molar-refractivity contribution in [2.75, 3.05) is 25.6 Å². The first-order valence-electron chi connectivity index (χ1n) is 7.32. The molecular weight excluding hydrogens is 268 g/mol. The monoisotopic (exact) mass is 292 g/mol. The normalized spacial score (nSPS) is 10.2. The molecule has 0 saturated carbocycles. The predicted octanol–water partition coefficient (Wildman–Crippen LogP) is 1.90. The third-order valence-corrected chi connectivity index (χ3v) is 3.25. The summed E-state index contributed by atoms with van der Waals surface area (Å²) in [6.45, 7) is 5.03. The first-order valence-corrected chi connectivity index (χ1v) is 7.32. The molecule has 1 aromatic carbocycles. The summed E-state index contributed by atoms with van der Waals surface area (Å²) in [5, 5.41) is 5.32. The van der Waals surface area contributed by atoms with Gasteiger partial charge in [0.15, 0.2) is 0 Å². The summed E-state index contributed by atoms with van der Waals surface area (Å²) in [5.74, 6) is -1.23. The molecule has 0 aromatic heterocycles.